The van der Waals surface area contributed by atoms with Gasteiger partial charge in [0.05, 0.1) is 5.69 Å². The van der Waals surface area contributed by atoms with E-state index in [2.05, 4.69) is 46.7 Å². The van der Waals surface area contributed by atoms with E-state index < -0.39 is 0 Å². The maximum atomic E-state index is 11.9. The molecule has 5 nitrogen and oxygen atoms in total. The molecule has 0 aliphatic heterocycles. The molecule has 0 unspecified atom stereocenters. The SMILES string of the molecule is Cc1noc(C)c1CCC(=O)NCCCN(C)Cc1ccccc1. The number of nitrogens with zero attached hydrogens (tertiary/aromatic N) is 2. The Morgan fingerprint density at radius 1 is 1.25 bits per heavy atom. The molecule has 0 bridgehead atoms. The van der Waals surface area contributed by atoms with Crippen LogP contribution < -0.4 is 5.32 Å². The number of carbonyl (C=O) groups excluding carboxylic acids is 1. The summed E-state index contributed by atoms with van der Waals surface area (Å²) in [4.78, 5) is 14.2. The van der Waals surface area contributed by atoms with Gasteiger partial charge in [0, 0.05) is 25.1 Å². The highest BCUT2D eigenvalue weighted by atomic mass is 16.5. The molecule has 5 heteroatoms. The topological polar surface area (TPSA) is 58.4 Å². The van der Waals surface area contributed by atoms with Gasteiger partial charge in [0.15, 0.2) is 0 Å². The lowest BCUT2D eigenvalue weighted by Crippen LogP contribution is -2.28. The molecule has 0 fully saturated rings. The first-order valence-corrected chi connectivity index (χ1v) is 8.47. The molecule has 0 saturated carbocycles. The lowest BCUT2D eigenvalue weighted by atomic mass is 10.1. The third kappa shape index (κ3) is 5.81. The van der Waals surface area contributed by atoms with Gasteiger partial charge in [0.25, 0.3) is 0 Å². The van der Waals surface area contributed by atoms with Crippen LogP contribution in [-0.4, -0.2) is 36.1 Å². The lowest BCUT2D eigenvalue weighted by Gasteiger charge is -2.16. The van der Waals surface area contributed by atoms with Crippen LogP contribution in [0.3, 0.4) is 0 Å². The van der Waals surface area contributed by atoms with Crippen molar-refractivity contribution in [3.63, 3.8) is 0 Å². The molecule has 0 spiro atoms. The molecule has 24 heavy (non-hydrogen) atoms. The van der Waals surface area contributed by atoms with E-state index in [0.29, 0.717) is 19.4 Å². The number of nitrogens with one attached hydrogen (secondary N) is 1. The third-order valence-corrected chi connectivity index (χ3v) is 4.12. The Bertz CT molecular complexity index is 618. The number of aryl methyl sites for hydroxylation is 2. The summed E-state index contributed by atoms with van der Waals surface area (Å²) in [7, 11) is 2.10. The summed E-state index contributed by atoms with van der Waals surface area (Å²) >= 11 is 0. The molecule has 0 saturated heterocycles. The van der Waals surface area contributed by atoms with E-state index in [9.17, 15) is 4.79 Å². The highest BCUT2D eigenvalue weighted by Gasteiger charge is 2.10. The third-order valence-electron chi connectivity index (χ3n) is 4.12. The van der Waals surface area contributed by atoms with E-state index in [-0.39, 0.29) is 5.91 Å². The fourth-order valence-corrected chi connectivity index (χ4v) is 2.74. The molecule has 130 valence electrons. The average molecular weight is 329 g/mol. The monoisotopic (exact) mass is 329 g/mol. The molecule has 0 radical (unpaired) electrons. The van der Waals surface area contributed by atoms with Crippen LogP contribution in [0.2, 0.25) is 0 Å². The number of hydrogen-bond donors (Lipinski definition) is 1. The molecule has 0 aliphatic carbocycles. The van der Waals surface area contributed by atoms with Crippen molar-refractivity contribution >= 4 is 5.91 Å². The van der Waals surface area contributed by atoms with Crippen molar-refractivity contribution in [3.05, 3.63) is 52.9 Å². The predicted octanol–water partition coefficient (Wildman–Crippen LogP) is 2.86. The van der Waals surface area contributed by atoms with Gasteiger partial charge in [0.1, 0.15) is 5.76 Å². The minimum atomic E-state index is 0.0840. The van der Waals surface area contributed by atoms with Crippen molar-refractivity contribution in [2.24, 2.45) is 0 Å². The molecule has 0 aliphatic rings. The number of carbonyl (C=O) groups is 1. The van der Waals surface area contributed by atoms with Crippen molar-refractivity contribution in [2.45, 2.75) is 39.7 Å². The average Bonchev–Trinajstić information content (AvgIpc) is 2.89. The summed E-state index contributed by atoms with van der Waals surface area (Å²) in [6.45, 7) is 6.39. The first-order valence-electron chi connectivity index (χ1n) is 8.47. The zero-order valence-electron chi connectivity index (χ0n) is 14.8. The van der Waals surface area contributed by atoms with Gasteiger partial charge >= 0.3 is 0 Å². The van der Waals surface area contributed by atoms with Crippen LogP contribution in [0.5, 0.6) is 0 Å². The minimum absolute atomic E-state index is 0.0840. The Hall–Kier alpha value is -2.14. The van der Waals surface area contributed by atoms with Gasteiger partial charge in [0.2, 0.25) is 5.91 Å². The Morgan fingerprint density at radius 2 is 2.00 bits per heavy atom. The molecule has 2 aromatic rings. The fourth-order valence-electron chi connectivity index (χ4n) is 2.74. The quantitative estimate of drug-likeness (QED) is 0.719. The van der Waals surface area contributed by atoms with Gasteiger partial charge in [-0.05, 0) is 45.8 Å². The molecule has 1 N–H and O–H groups in total. The van der Waals surface area contributed by atoms with Crippen molar-refractivity contribution < 1.29 is 9.32 Å². The number of benzene rings is 1. The molecular formula is C19H27N3O2. The van der Waals surface area contributed by atoms with Crippen LogP contribution in [0.4, 0.5) is 0 Å². The number of amides is 1. The van der Waals surface area contributed by atoms with E-state index in [1.807, 2.05) is 19.9 Å². The summed E-state index contributed by atoms with van der Waals surface area (Å²) in [5, 5.41) is 6.90. The predicted molar refractivity (Wildman–Crippen MR) is 94.7 cm³/mol. The molecule has 1 aromatic carbocycles. The number of rotatable bonds is 9. The summed E-state index contributed by atoms with van der Waals surface area (Å²) in [5.74, 6) is 0.892. The Morgan fingerprint density at radius 3 is 2.67 bits per heavy atom. The van der Waals surface area contributed by atoms with E-state index >= 15 is 0 Å². The Kier molecular flexibility index (Phi) is 7.00. The zero-order valence-corrected chi connectivity index (χ0v) is 14.8. The van der Waals surface area contributed by atoms with Gasteiger partial charge in [-0.25, -0.2) is 0 Å². The molecule has 1 amide bonds. The molecule has 0 atom stereocenters. The van der Waals surface area contributed by atoms with Crippen molar-refractivity contribution in [1.82, 2.24) is 15.4 Å². The van der Waals surface area contributed by atoms with Crippen LogP contribution in [0.1, 0.15) is 35.4 Å². The van der Waals surface area contributed by atoms with Gasteiger partial charge in [-0.3, -0.25) is 4.79 Å². The summed E-state index contributed by atoms with van der Waals surface area (Å²) < 4.78 is 5.11. The van der Waals surface area contributed by atoms with Crippen LogP contribution in [0, 0.1) is 13.8 Å². The number of aromatic nitrogens is 1. The Labute approximate surface area is 144 Å². The van der Waals surface area contributed by atoms with E-state index in [1.54, 1.807) is 0 Å². The normalized spacial score (nSPS) is 11.0. The molecule has 1 heterocycles. The van der Waals surface area contributed by atoms with Crippen molar-refractivity contribution in [1.29, 1.82) is 0 Å². The van der Waals surface area contributed by atoms with Crippen LogP contribution in [0.25, 0.3) is 0 Å². The largest absolute Gasteiger partial charge is 0.361 e. The van der Waals surface area contributed by atoms with E-state index in [0.717, 1.165) is 36.5 Å². The van der Waals surface area contributed by atoms with Crippen LogP contribution in [0.15, 0.2) is 34.9 Å². The maximum Gasteiger partial charge on any atom is 0.220 e. The maximum absolute atomic E-state index is 11.9. The van der Waals surface area contributed by atoms with Crippen molar-refractivity contribution in [2.75, 3.05) is 20.1 Å². The highest BCUT2D eigenvalue weighted by Crippen LogP contribution is 2.14. The molecular weight excluding hydrogens is 302 g/mol. The zero-order chi connectivity index (χ0) is 17.4. The summed E-state index contributed by atoms with van der Waals surface area (Å²) in [5.41, 5.74) is 3.24. The first kappa shape index (κ1) is 18.2. The molecule has 1 aromatic heterocycles. The van der Waals surface area contributed by atoms with Gasteiger partial charge in [-0.15, -0.1) is 0 Å². The molecule has 2 rings (SSSR count). The van der Waals surface area contributed by atoms with E-state index in [1.165, 1.54) is 5.56 Å². The van der Waals surface area contributed by atoms with E-state index in [4.69, 9.17) is 4.52 Å². The van der Waals surface area contributed by atoms with Gasteiger partial charge < -0.3 is 14.7 Å². The second-order valence-electron chi connectivity index (χ2n) is 6.23. The van der Waals surface area contributed by atoms with Crippen LogP contribution in [-0.2, 0) is 17.8 Å². The first-order chi connectivity index (χ1) is 11.6. The summed E-state index contributed by atoms with van der Waals surface area (Å²) in [6, 6.07) is 10.4. The standard InChI is InChI=1S/C19H27N3O2/c1-15-18(16(2)24-21-15)10-11-19(23)20-12-7-13-22(3)14-17-8-5-4-6-9-17/h4-6,8-9H,7,10-14H2,1-3H3,(H,20,23). The smallest absolute Gasteiger partial charge is 0.220 e. The Balaban J connectivity index is 1.59. The second-order valence-corrected chi connectivity index (χ2v) is 6.23. The fraction of sp³-hybridized carbons (Fsp3) is 0.474. The minimum Gasteiger partial charge on any atom is -0.361 e. The lowest BCUT2D eigenvalue weighted by molar-refractivity contribution is -0.121. The van der Waals surface area contributed by atoms with Crippen LogP contribution >= 0.6 is 0 Å². The highest BCUT2D eigenvalue weighted by molar-refractivity contribution is 5.76. The van der Waals surface area contributed by atoms with Crippen molar-refractivity contribution in [3.8, 4) is 0 Å². The summed E-state index contributed by atoms with van der Waals surface area (Å²) in [6.07, 6.45) is 2.10. The second kappa shape index (κ2) is 9.23. The van der Waals surface area contributed by atoms with Gasteiger partial charge in [-0.2, -0.15) is 0 Å². The number of hydrogen-bond acceptors (Lipinski definition) is 4. The van der Waals surface area contributed by atoms with Gasteiger partial charge in [-0.1, -0.05) is 35.5 Å².